The van der Waals surface area contributed by atoms with Gasteiger partial charge in [-0.3, -0.25) is 4.79 Å². The van der Waals surface area contributed by atoms with Crippen molar-refractivity contribution in [2.75, 3.05) is 13.1 Å². The molecule has 2 atom stereocenters. The highest BCUT2D eigenvalue weighted by Gasteiger charge is 2.36. The summed E-state index contributed by atoms with van der Waals surface area (Å²) in [5.74, 6) is -0.810. The van der Waals surface area contributed by atoms with Crippen molar-refractivity contribution in [2.45, 2.75) is 56.4 Å². The van der Waals surface area contributed by atoms with Crippen molar-refractivity contribution >= 4 is 27.5 Å². The lowest BCUT2D eigenvalue weighted by molar-refractivity contribution is -0.0440. The molecule has 2 aromatic rings. The third-order valence-electron chi connectivity index (χ3n) is 5.74. The van der Waals surface area contributed by atoms with Crippen molar-refractivity contribution in [3.63, 3.8) is 0 Å². The number of carbonyl (C=O) groups is 1. The van der Waals surface area contributed by atoms with E-state index in [0.717, 1.165) is 12.8 Å². The monoisotopic (exact) mass is 480 g/mol. The smallest absolute Gasteiger partial charge is 0.254 e. The molecule has 1 saturated carbocycles. The van der Waals surface area contributed by atoms with E-state index in [9.17, 15) is 17.6 Å². The van der Waals surface area contributed by atoms with Gasteiger partial charge in [0.15, 0.2) is 0 Å². The van der Waals surface area contributed by atoms with Gasteiger partial charge in [0.25, 0.3) is 5.91 Å². The molecule has 4 rings (SSSR count). The summed E-state index contributed by atoms with van der Waals surface area (Å²) in [6.07, 6.45) is 1.21. The normalized spacial score (nSPS) is 22.0. The summed E-state index contributed by atoms with van der Waals surface area (Å²) < 4.78 is 47.8. The van der Waals surface area contributed by atoms with E-state index in [1.54, 1.807) is 23.1 Å². The van der Waals surface area contributed by atoms with E-state index in [4.69, 9.17) is 16.3 Å². The number of sulfonamides is 1. The number of halogens is 2. The topological polar surface area (TPSA) is 66.9 Å². The van der Waals surface area contributed by atoms with Crippen molar-refractivity contribution in [1.82, 2.24) is 9.21 Å². The summed E-state index contributed by atoms with van der Waals surface area (Å²) in [5, 5.41) is 0.260. The van der Waals surface area contributed by atoms with Crippen LogP contribution < -0.4 is 0 Å². The molecule has 172 valence electrons. The minimum absolute atomic E-state index is 0.0145. The fourth-order valence-corrected chi connectivity index (χ4v) is 5.90. The Morgan fingerprint density at radius 2 is 1.81 bits per heavy atom. The van der Waals surface area contributed by atoms with Crippen LogP contribution >= 0.6 is 11.6 Å². The fourth-order valence-electron chi connectivity index (χ4n) is 4.04. The Bertz CT molecular complexity index is 1090. The predicted molar refractivity (Wildman–Crippen MR) is 120 cm³/mol. The van der Waals surface area contributed by atoms with Crippen molar-refractivity contribution in [3.05, 3.63) is 64.4 Å². The Balaban J connectivity index is 1.61. The highest BCUT2D eigenvalue weighted by Crippen LogP contribution is 2.32. The van der Waals surface area contributed by atoms with Crippen molar-refractivity contribution in [2.24, 2.45) is 0 Å². The van der Waals surface area contributed by atoms with Gasteiger partial charge < -0.3 is 9.64 Å². The van der Waals surface area contributed by atoms with Gasteiger partial charge in [-0.1, -0.05) is 23.7 Å². The summed E-state index contributed by atoms with van der Waals surface area (Å²) in [4.78, 5) is 15.0. The van der Waals surface area contributed by atoms with Gasteiger partial charge in [-0.05, 0) is 57.0 Å². The number of carbonyl (C=O) groups excluding carboxylic acids is 1. The third kappa shape index (κ3) is 4.83. The van der Waals surface area contributed by atoms with E-state index in [2.05, 4.69) is 0 Å². The van der Waals surface area contributed by atoms with Crippen LogP contribution in [0.5, 0.6) is 0 Å². The van der Waals surface area contributed by atoms with Crippen LogP contribution in [0.4, 0.5) is 4.39 Å². The van der Waals surface area contributed by atoms with Gasteiger partial charge in [-0.2, -0.15) is 4.31 Å². The Hall–Kier alpha value is -2.00. The molecule has 2 fully saturated rings. The second kappa shape index (κ2) is 9.09. The number of morpholine rings is 1. The number of benzene rings is 2. The summed E-state index contributed by atoms with van der Waals surface area (Å²) in [6, 6.07) is 10.5. The first-order valence-corrected chi connectivity index (χ1v) is 12.5. The Morgan fingerprint density at radius 3 is 2.44 bits per heavy atom. The first-order chi connectivity index (χ1) is 15.2. The van der Waals surface area contributed by atoms with Gasteiger partial charge in [0.2, 0.25) is 10.0 Å². The van der Waals surface area contributed by atoms with Crippen LogP contribution in [0.2, 0.25) is 5.02 Å². The molecule has 1 saturated heterocycles. The highest BCUT2D eigenvalue weighted by atomic mass is 35.5. The predicted octanol–water partition coefficient (Wildman–Crippen LogP) is 4.08. The summed E-state index contributed by atoms with van der Waals surface area (Å²) in [6.45, 7) is 4.21. The maximum absolute atomic E-state index is 14.3. The van der Waals surface area contributed by atoms with Gasteiger partial charge in [-0.25, -0.2) is 12.8 Å². The van der Waals surface area contributed by atoms with Crippen LogP contribution in [-0.2, 0) is 21.3 Å². The molecule has 0 radical (unpaired) electrons. The van der Waals surface area contributed by atoms with Crippen LogP contribution in [0.15, 0.2) is 47.4 Å². The lowest BCUT2D eigenvalue weighted by Gasteiger charge is -2.34. The molecule has 0 aromatic heterocycles. The average Bonchev–Trinajstić information content (AvgIpc) is 3.58. The van der Waals surface area contributed by atoms with Gasteiger partial charge in [0.1, 0.15) is 5.82 Å². The molecule has 0 bridgehead atoms. The van der Waals surface area contributed by atoms with Crippen molar-refractivity contribution < 1.29 is 22.3 Å². The van der Waals surface area contributed by atoms with E-state index in [-0.39, 0.29) is 64.8 Å². The van der Waals surface area contributed by atoms with E-state index >= 15 is 0 Å². The number of hydrogen-bond acceptors (Lipinski definition) is 4. The maximum Gasteiger partial charge on any atom is 0.254 e. The molecule has 2 unspecified atom stereocenters. The second-order valence-corrected chi connectivity index (χ2v) is 10.8. The van der Waals surface area contributed by atoms with Gasteiger partial charge in [0.05, 0.1) is 23.6 Å². The molecule has 1 aliphatic carbocycles. The molecule has 2 aromatic carbocycles. The van der Waals surface area contributed by atoms with E-state index < -0.39 is 15.8 Å². The van der Waals surface area contributed by atoms with Crippen LogP contribution in [0.1, 0.15) is 42.6 Å². The molecule has 2 aliphatic rings. The number of rotatable bonds is 6. The highest BCUT2D eigenvalue weighted by molar-refractivity contribution is 7.89. The van der Waals surface area contributed by atoms with Crippen LogP contribution in [0.25, 0.3) is 0 Å². The van der Waals surface area contributed by atoms with E-state index in [1.165, 1.54) is 28.6 Å². The molecule has 9 heteroatoms. The summed E-state index contributed by atoms with van der Waals surface area (Å²) in [7, 11) is -3.79. The molecular weight excluding hydrogens is 455 g/mol. The van der Waals surface area contributed by atoms with Crippen LogP contribution in [0, 0.1) is 5.82 Å². The lowest BCUT2D eigenvalue weighted by Crippen LogP contribution is -2.48. The van der Waals surface area contributed by atoms with Gasteiger partial charge >= 0.3 is 0 Å². The minimum atomic E-state index is -3.79. The molecule has 0 spiro atoms. The molecule has 6 nitrogen and oxygen atoms in total. The quantitative estimate of drug-likeness (QED) is 0.624. The minimum Gasteiger partial charge on any atom is -0.373 e. The molecule has 1 aliphatic heterocycles. The Morgan fingerprint density at radius 1 is 1.16 bits per heavy atom. The zero-order valence-electron chi connectivity index (χ0n) is 18.0. The summed E-state index contributed by atoms with van der Waals surface area (Å²) >= 11 is 6.17. The SMILES string of the molecule is CC1CN(S(=O)(=O)c2cccc(C(=O)N(Cc3c(F)cccc3Cl)C3CC3)c2)CC(C)O1. The molecule has 1 amide bonds. The lowest BCUT2D eigenvalue weighted by atomic mass is 10.1. The molecule has 0 N–H and O–H groups in total. The first kappa shape index (κ1) is 23.2. The fraction of sp³-hybridized carbons (Fsp3) is 0.435. The third-order valence-corrected chi connectivity index (χ3v) is 7.93. The number of hydrogen-bond donors (Lipinski definition) is 0. The van der Waals surface area contributed by atoms with Gasteiger partial charge in [0, 0.05) is 35.3 Å². The maximum atomic E-state index is 14.3. The zero-order valence-corrected chi connectivity index (χ0v) is 19.6. The summed E-state index contributed by atoms with van der Waals surface area (Å²) in [5.41, 5.74) is 0.509. The molecule has 32 heavy (non-hydrogen) atoms. The number of amides is 1. The Kier molecular flexibility index (Phi) is 6.58. The molecular formula is C23H26ClFN2O4S. The van der Waals surface area contributed by atoms with Crippen molar-refractivity contribution in [1.29, 1.82) is 0 Å². The van der Waals surface area contributed by atoms with Crippen LogP contribution in [-0.4, -0.2) is 54.9 Å². The second-order valence-electron chi connectivity index (χ2n) is 8.47. The van der Waals surface area contributed by atoms with E-state index in [0.29, 0.717) is 0 Å². The number of nitrogens with zero attached hydrogens (tertiary/aromatic N) is 2. The molecule has 1 heterocycles. The van der Waals surface area contributed by atoms with Crippen molar-refractivity contribution in [3.8, 4) is 0 Å². The average molecular weight is 481 g/mol. The van der Waals surface area contributed by atoms with Crippen LogP contribution in [0.3, 0.4) is 0 Å². The number of ether oxygens (including phenoxy) is 1. The standard InChI is InChI=1S/C23H26ClFN2O4S/c1-15-12-26(13-16(2)31-15)32(29,30)19-6-3-5-17(11-19)23(28)27(18-9-10-18)14-20-21(24)7-4-8-22(20)25/h3-8,11,15-16,18H,9-10,12-14H2,1-2H3. The zero-order chi connectivity index (χ0) is 23.0. The first-order valence-electron chi connectivity index (χ1n) is 10.7. The van der Waals surface area contributed by atoms with Gasteiger partial charge in [-0.15, -0.1) is 0 Å². The Labute approximate surface area is 193 Å². The largest absolute Gasteiger partial charge is 0.373 e. The van der Waals surface area contributed by atoms with E-state index in [1.807, 2.05) is 13.8 Å².